The van der Waals surface area contributed by atoms with Gasteiger partial charge in [0, 0.05) is 19.2 Å². The van der Waals surface area contributed by atoms with E-state index < -0.39 is 40.1 Å². The molecule has 0 saturated carbocycles. The number of phenolic OH excluding ortho intramolecular Hbond substituents is 1. The van der Waals surface area contributed by atoms with Gasteiger partial charge in [0.2, 0.25) is 5.75 Å². The van der Waals surface area contributed by atoms with Gasteiger partial charge in [0.1, 0.15) is 23.0 Å². The van der Waals surface area contributed by atoms with Crippen molar-refractivity contribution in [2.45, 2.75) is 59.3 Å². The summed E-state index contributed by atoms with van der Waals surface area (Å²) in [6, 6.07) is 9.53. The van der Waals surface area contributed by atoms with Crippen LogP contribution in [0.25, 0.3) is 6.08 Å². The quantitative estimate of drug-likeness (QED) is 0.0488. The second-order valence-corrected chi connectivity index (χ2v) is 9.15. The molecule has 2 aromatic rings. The maximum Gasteiger partial charge on any atom is 0.519 e. The normalized spacial score (nSPS) is 10.9. The van der Waals surface area contributed by atoms with Gasteiger partial charge in [-0.05, 0) is 50.1 Å². The smallest absolute Gasteiger partial charge is 0.499 e. The maximum atomic E-state index is 12.6. The standard InChI is InChI=1S/C30H35N3O9/c1-4-7-8-9-10-13-16-40-29(36)23-14-11-12-15-25(23)41-30(37)42-26-19-21(18-24(27(26)34)33(38)39)17-22(20-31)28(35)32(5-2)6-3/h11-12,14-15,17-19,34H,4-10,13,16H2,1-3H3/b22-17+. The van der Waals surface area contributed by atoms with Crippen LogP contribution in [0.3, 0.4) is 0 Å². The van der Waals surface area contributed by atoms with Crippen LogP contribution >= 0.6 is 0 Å². The van der Waals surface area contributed by atoms with Crippen molar-refractivity contribution in [3.63, 3.8) is 0 Å². The van der Waals surface area contributed by atoms with Gasteiger partial charge in [-0.1, -0.05) is 51.2 Å². The topological polar surface area (TPSA) is 169 Å². The number of para-hydroxylation sites is 1. The van der Waals surface area contributed by atoms with Crippen molar-refractivity contribution >= 4 is 29.8 Å². The summed E-state index contributed by atoms with van der Waals surface area (Å²) in [6.07, 6.45) is 5.74. The lowest BCUT2D eigenvalue weighted by molar-refractivity contribution is -0.385. The van der Waals surface area contributed by atoms with Gasteiger partial charge in [-0.25, -0.2) is 9.59 Å². The van der Waals surface area contributed by atoms with Crippen LogP contribution < -0.4 is 9.47 Å². The van der Waals surface area contributed by atoms with Crippen molar-refractivity contribution < 1.29 is 38.6 Å². The van der Waals surface area contributed by atoms with E-state index in [2.05, 4.69) is 6.92 Å². The summed E-state index contributed by atoms with van der Waals surface area (Å²) < 4.78 is 15.5. The van der Waals surface area contributed by atoms with Crippen LogP contribution in [0.1, 0.15) is 75.2 Å². The number of esters is 1. The van der Waals surface area contributed by atoms with E-state index >= 15 is 0 Å². The zero-order valence-corrected chi connectivity index (χ0v) is 24.0. The molecule has 1 N–H and O–H groups in total. The number of ether oxygens (including phenoxy) is 3. The molecular formula is C30H35N3O9. The summed E-state index contributed by atoms with van der Waals surface area (Å²) in [5.41, 5.74) is -1.25. The predicted molar refractivity (Wildman–Crippen MR) is 153 cm³/mol. The molecule has 0 aromatic heterocycles. The Morgan fingerprint density at radius 1 is 1.00 bits per heavy atom. The molecule has 42 heavy (non-hydrogen) atoms. The van der Waals surface area contributed by atoms with E-state index in [1.807, 2.05) is 0 Å². The van der Waals surface area contributed by atoms with Crippen LogP contribution in [0.5, 0.6) is 17.2 Å². The maximum absolute atomic E-state index is 12.6. The Bertz CT molecular complexity index is 1340. The van der Waals surface area contributed by atoms with E-state index in [-0.39, 0.29) is 29.1 Å². The first-order chi connectivity index (χ1) is 20.2. The molecule has 0 aliphatic rings. The van der Waals surface area contributed by atoms with Crippen LogP contribution in [0.4, 0.5) is 10.5 Å². The summed E-state index contributed by atoms with van der Waals surface area (Å²) >= 11 is 0. The Labute approximate surface area is 244 Å². The molecule has 0 aliphatic heterocycles. The number of nitriles is 1. The molecule has 0 radical (unpaired) electrons. The summed E-state index contributed by atoms with van der Waals surface area (Å²) in [5, 5.41) is 31.4. The van der Waals surface area contributed by atoms with E-state index in [1.54, 1.807) is 26.0 Å². The zero-order chi connectivity index (χ0) is 31.1. The lowest BCUT2D eigenvalue weighted by atomic mass is 10.1. The summed E-state index contributed by atoms with van der Waals surface area (Å²) in [7, 11) is 0. The molecule has 0 aliphatic carbocycles. The third-order valence-corrected chi connectivity index (χ3v) is 6.21. The monoisotopic (exact) mass is 581 g/mol. The van der Waals surface area contributed by atoms with Crippen LogP contribution in [-0.4, -0.2) is 52.7 Å². The van der Waals surface area contributed by atoms with E-state index in [9.17, 15) is 34.9 Å². The fourth-order valence-electron chi connectivity index (χ4n) is 3.95. The Morgan fingerprint density at radius 3 is 2.29 bits per heavy atom. The number of amides is 1. The minimum absolute atomic E-state index is 0.0408. The van der Waals surface area contributed by atoms with Crippen LogP contribution in [0, 0.1) is 21.4 Å². The van der Waals surface area contributed by atoms with Gasteiger partial charge >= 0.3 is 17.8 Å². The molecule has 0 fully saturated rings. The molecule has 0 spiro atoms. The molecule has 0 heterocycles. The van der Waals surface area contributed by atoms with Gasteiger partial charge < -0.3 is 24.2 Å². The molecule has 224 valence electrons. The second kappa shape index (κ2) is 17.0. The Morgan fingerprint density at radius 2 is 1.64 bits per heavy atom. The number of nitrogens with zero attached hydrogens (tertiary/aromatic N) is 3. The lowest BCUT2D eigenvalue weighted by Gasteiger charge is -2.17. The van der Waals surface area contributed by atoms with Gasteiger partial charge in [0.15, 0.2) is 5.75 Å². The van der Waals surface area contributed by atoms with Gasteiger partial charge in [-0.15, -0.1) is 0 Å². The van der Waals surface area contributed by atoms with Crippen molar-refractivity contribution in [3.05, 3.63) is 63.2 Å². The molecule has 0 saturated heterocycles. The first-order valence-electron chi connectivity index (χ1n) is 13.7. The van der Waals surface area contributed by atoms with Gasteiger partial charge in [0.05, 0.1) is 11.5 Å². The largest absolute Gasteiger partial charge is 0.519 e. The molecule has 0 unspecified atom stereocenters. The zero-order valence-electron chi connectivity index (χ0n) is 24.0. The van der Waals surface area contributed by atoms with E-state index in [0.29, 0.717) is 19.5 Å². The Kier molecular flexibility index (Phi) is 13.5. The fraction of sp³-hybridized carbons (Fsp3) is 0.400. The summed E-state index contributed by atoms with van der Waals surface area (Å²) in [4.78, 5) is 49.9. The number of phenols is 1. The highest BCUT2D eigenvalue weighted by molar-refractivity contribution is 6.02. The molecule has 1 amide bonds. The highest BCUT2D eigenvalue weighted by Gasteiger charge is 2.25. The Hall–Kier alpha value is -4.92. The van der Waals surface area contributed by atoms with Crippen molar-refractivity contribution in [1.82, 2.24) is 4.90 Å². The van der Waals surface area contributed by atoms with E-state index in [1.165, 1.54) is 23.1 Å². The van der Waals surface area contributed by atoms with Gasteiger partial charge in [-0.2, -0.15) is 5.26 Å². The van der Waals surface area contributed by atoms with E-state index in [0.717, 1.165) is 50.3 Å². The van der Waals surface area contributed by atoms with Gasteiger partial charge in [-0.3, -0.25) is 14.9 Å². The van der Waals surface area contributed by atoms with Crippen molar-refractivity contribution in [1.29, 1.82) is 5.26 Å². The number of hydrogen-bond donors (Lipinski definition) is 1. The summed E-state index contributed by atoms with van der Waals surface area (Å²) in [5.74, 6) is -3.12. The number of nitro benzene ring substituents is 1. The first kappa shape index (κ1) is 33.3. The number of aromatic hydroxyl groups is 1. The lowest BCUT2D eigenvalue weighted by Crippen LogP contribution is -2.31. The summed E-state index contributed by atoms with van der Waals surface area (Å²) in [6.45, 7) is 6.45. The highest BCUT2D eigenvalue weighted by atomic mass is 16.7. The molecule has 0 bridgehead atoms. The van der Waals surface area contributed by atoms with Crippen molar-refractivity contribution in [2.24, 2.45) is 0 Å². The molecule has 2 rings (SSSR count). The Balaban J connectivity index is 2.23. The number of hydrogen-bond acceptors (Lipinski definition) is 10. The van der Waals surface area contributed by atoms with Crippen LogP contribution in [-0.2, 0) is 9.53 Å². The average molecular weight is 582 g/mol. The second-order valence-electron chi connectivity index (χ2n) is 9.15. The fourth-order valence-corrected chi connectivity index (χ4v) is 3.95. The molecular weight excluding hydrogens is 546 g/mol. The number of carbonyl (C=O) groups excluding carboxylic acids is 3. The predicted octanol–water partition coefficient (Wildman–Crippen LogP) is 6.17. The van der Waals surface area contributed by atoms with Gasteiger partial charge in [0.25, 0.3) is 5.91 Å². The first-order valence-corrected chi connectivity index (χ1v) is 13.7. The minimum atomic E-state index is -1.41. The third-order valence-electron chi connectivity index (χ3n) is 6.21. The number of likely N-dealkylation sites (N-methyl/N-ethyl adjacent to an activating group) is 1. The SMILES string of the molecule is CCCCCCCCOC(=O)c1ccccc1OC(=O)Oc1cc(/C=C(\C#N)C(=O)N(CC)CC)cc([N+](=O)[O-])c1O. The van der Waals surface area contributed by atoms with Crippen LogP contribution in [0.15, 0.2) is 42.0 Å². The third kappa shape index (κ3) is 9.62. The number of nitro groups is 1. The van der Waals surface area contributed by atoms with Crippen LogP contribution in [0.2, 0.25) is 0 Å². The van der Waals surface area contributed by atoms with Crippen molar-refractivity contribution in [2.75, 3.05) is 19.7 Å². The number of carbonyl (C=O) groups is 3. The molecule has 0 atom stereocenters. The average Bonchev–Trinajstić information content (AvgIpc) is 2.97. The number of rotatable bonds is 15. The highest BCUT2D eigenvalue weighted by Crippen LogP contribution is 2.38. The molecule has 12 heteroatoms. The number of unbranched alkanes of at least 4 members (excludes halogenated alkanes) is 5. The molecule has 12 nitrogen and oxygen atoms in total. The minimum Gasteiger partial charge on any atom is -0.499 e. The molecule has 2 aromatic carbocycles. The number of benzene rings is 2. The van der Waals surface area contributed by atoms with E-state index in [4.69, 9.17) is 14.2 Å². The van der Waals surface area contributed by atoms with Crippen molar-refractivity contribution in [3.8, 4) is 23.3 Å².